The molecule has 0 saturated carbocycles. The molecule has 2 aromatic rings. The number of hydrogen-bond donors (Lipinski definition) is 0. The molecule has 4 heteroatoms. The molecular weight excluding hydrogens is 290 g/mol. The van der Waals surface area contributed by atoms with Crippen LogP contribution in [0, 0.1) is 11.8 Å². The number of piperidine rings is 1. The SMILES string of the molecule is C[C@H]1C[C@H](C)CN(C(=O)c2sc3ccccc3c2Cl)C1. The quantitative estimate of drug-likeness (QED) is 0.749. The summed E-state index contributed by atoms with van der Waals surface area (Å²) in [5.41, 5.74) is 0. The minimum absolute atomic E-state index is 0.0922. The Morgan fingerprint density at radius 2 is 1.90 bits per heavy atom. The molecule has 1 amide bonds. The Kier molecular flexibility index (Phi) is 3.74. The van der Waals surface area contributed by atoms with Crippen LogP contribution in [0.2, 0.25) is 5.02 Å². The molecule has 0 N–H and O–H groups in total. The van der Waals surface area contributed by atoms with E-state index in [0.717, 1.165) is 23.2 Å². The van der Waals surface area contributed by atoms with Gasteiger partial charge in [-0.1, -0.05) is 43.6 Å². The summed E-state index contributed by atoms with van der Waals surface area (Å²) >= 11 is 7.91. The van der Waals surface area contributed by atoms with Crippen molar-refractivity contribution in [3.8, 4) is 0 Å². The van der Waals surface area contributed by atoms with Crippen LogP contribution in [0.15, 0.2) is 24.3 Å². The lowest BCUT2D eigenvalue weighted by molar-refractivity contribution is 0.0628. The first-order chi connectivity index (χ1) is 9.56. The fourth-order valence-electron chi connectivity index (χ4n) is 3.12. The molecule has 2 atom stereocenters. The third kappa shape index (κ3) is 2.45. The number of halogens is 1. The number of carbonyl (C=O) groups is 1. The van der Waals surface area contributed by atoms with E-state index in [4.69, 9.17) is 11.6 Å². The van der Waals surface area contributed by atoms with Gasteiger partial charge in [0.2, 0.25) is 0 Å². The molecule has 2 nitrogen and oxygen atoms in total. The summed E-state index contributed by atoms with van der Waals surface area (Å²) in [6.45, 7) is 6.10. The van der Waals surface area contributed by atoms with Crippen LogP contribution in [-0.4, -0.2) is 23.9 Å². The Labute approximate surface area is 128 Å². The lowest BCUT2D eigenvalue weighted by Crippen LogP contribution is -2.42. The van der Waals surface area contributed by atoms with E-state index in [-0.39, 0.29) is 5.91 Å². The average Bonchev–Trinajstić information content (AvgIpc) is 2.75. The third-order valence-electron chi connectivity index (χ3n) is 3.89. The number of likely N-dealkylation sites (tertiary alicyclic amines) is 1. The van der Waals surface area contributed by atoms with Crippen LogP contribution in [-0.2, 0) is 0 Å². The van der Waals surface area contributed by atoms with Crippen LogP contribution in [0.25, 0.3) is 10.1 Å². The van der Waals surface area contributed by atoms with Gasteiger partial charge in [0.1, 0.15) is 4.88 Å². The summed E-state index contributed by atoms with van der Waals surface area (Å²) < 4.78 is 1.08. The fraction of sp³-hybridized carbons (Fsp3) is 0.438. The zero-order valence-corrected chi connectivity index (χ0v) is 13.3. The van der Waals surface area contributed by atoms with Crippen LogP contribution < -0.4 is 0 Å². The Morgan fingerprint density at radius 1 is 1.25 bits per heavy atom. The second kappa shape index (κ2) is 5.38. The Hall–Kier alpha value is -1.06. The highest BCUT2D eigenvalue weighted by molar-refractivity contribution is 7.21. The van der Waals surface area contributed by atoms with Crippen LogP contribution >= 0.6 is 22.9 Å². The van der Waals surface area contributed by atoms with Gasteiger partial charge in [0, 0.05) is 23.2 Å². The number of amides is 1. The number of nitrogens with zero attached hydrogens (tertiary/aromatic N) is 1. The third-order valence-corrected chi connectivity index (χ3v) is 5.55. The lowest BCUT2D eigenvalue weighted by Gasteiger charge is -2.34. The van der Waals surface area contributed by atoms with Crippen LogP contribution in [0.1, 0.15) is 29.9 Å². The molecule has 0 bridgehead atoms. The van der Waals surface area contributed by atoms with Crippen LogP contribution in [0.4, 0.5) is 0 Å². The molecule has 1 aliphatic rings. The number of carbonyl (C=O) groups excluding carboxylic acids is 1. The van der Waals surface area contributed by atoms with Crippen molar-refractivity contribution in [1.82, 2.24) is 4.90 Å². The molecule has 1 aromatic carbocycles. The zero-order chi connectivity index (χ0) is 14.3. The maximum absolute atomic E-state index is 12.7. The summed E-state index contributed by atoms with van der Waals surface area (Å²) in [5, 5.41) is 1.60. The number of fused-ring (bicyclic) bond motifs is 1. The summed E-state index contributed by atoms with van der Waals surface area (Å²) in [4.78, 5) is 15.4. The predicted molar refractivity (Wildman–Crippen MR) is 85.7 cm³/mol. The molecule has 0 radical (unpaired) electrons. The molecule has 2 heterocycles. The van der Waals surface area contributed by atoms with Gasteiger partial charge in [0.15, 0.2) is 0 Å². The molecule has 1 saturated heterocycles. The minimum Gasteiger partial charge on any atom is -0.337 e. The van der Waals surface area contributed by atoms with Crippen LogP contribution in [0.5, 0.6) is 0 Å². The molecular formula is C16H18ClNOS. The highest BCUT2D eigenvalue weighted by Gasteiger charge is 2.28. The molecule has 106 valence electrons. The molecule has 3 rings (SSSR count). The van der Waals surface area contributed by atoms with Gasteiger partial charge >= 0.3 is 0 Å². The lowest BCUT2D eigenvalue weighted by atomic mass is 9.92. The minimum atomic E-state index is 0.0922. The topological polar surface area (TPSA) is 20.3 Å². The first-order valence-electron chi connectivity index (χ1n) is 7.02. The first kappa shape index (κ1) is 13.9. The maximum Gasteiger partial charge on any atom is 0.265 e. The van der Waals surface area contributed by atoms with Crippen molar-refractivity contribution in [1.29, 1.82) is 0 Å². The Bertz CT molecular complexity index is 641. The van der Waals surface area contributed by atoms with Crippen LogP contribution in [0.3, 0.4) is 0 Å². The number of benzene rings is 1. The maximum atomic E-state index is 12.7. The van der Waals surface area contributed by atoms with Gasteiger partial charge in [0.25, 0.3) is 5.91 Å². The van der Waals surface area contributed by atoms with E-state index < -0.39 is 0 Å². The Morgan fingerprint density at radius 3 is 2.55 bits per heavy atom. The van der Waals surface area contributed by atoms with E-state index in [1.165, 1.54) is 17.8 Å². The molecule has 0 spiro atoms. The largest absolute Gasteiger partial charge is 0.337 e. The molecule has 20 heavy (non-hydrogen) atoms. The van der Waals surface area contributed by atoms with E-state index >= 15 is 0 Å². The Balaban J connectivity index is 1.94. The van der Waals surface area contributed by atoms with Crippen molar-refractivity contribution in [2.45, 2.75) is 20.3 Å². The van der Waals surface area contributed by atoms with Gasteiger partial charge in [-0.15, -0.1) is 11.3 Å². The smallest absolute Gasteiger partial charge is 0.265 e. The van der Waals surface area contributed by atoms with Crippen molar-refractivity contribution in [3.05, 3.63) is 34.2 Å². The molecule has 0 aliphatic carbocycles. The second-order valence-corrected chi connectivity index (χ2v) is 7.33. The second-order valence-electron chi connectivity index (χ2n) is 5.90. The van der Waals surface area contributed by atoms with Gasteiger partial charge in [-0.3, -0.25) is 4.79 Å². The zero-order valence-electron chi connectivity index (χ0n) is 11.7. The normalized spacial score (nSPS) is 23.2. The molecule has 0 unspecified atom stereocenters. The van der Waals surface area contributed by atoms with E-state index in [2.05, 4.69) is 13.8 Å². The van der Waals surface area contributed by atoms with E-state index in [1.807, 2.05) is 29.2 Å². The number of hydrogen-bond acceptors (Lipinski definition) is 2. The average molecular weight is 308 g/mol. The van der Waals surface area contributed by atoms with Crippen molar-refractivity contribution in [2.75, 3.05) is 13.1 Å². The van der Waals surface area contributed by atoms with Gasteiger partial charge in [0.05, 0.1) is 5.02 Å². The summed E-state index contributed by atoms with van der Waals surface area (Å²) in [6, 6.07) is 7.94. The highest BCUT2D eigenvalue weighted by atomic mass is 35.5. The van der Waals surface area contributed by atoms with E-state index in [1.54, 1.807) is 0 Å². The molecule has 1 aromatic heterocycles. The van der Waals surface area contributed by atoms with Crippen molar-refractivity contribution in [2.24, 2.45) is 11.8 Å². The molecule has 1 fully saturated rings. The van der Waals surface area contributed by atoms with Crippen molar-refractivity contribution in [3.63, 3.8) is 0 Å². The fourth-order valence-corrected chi connectivity index (χ4v) is 4.60. The van der Waals surface area contributed by atoms with E-state index in [9.17, 15) is 4.79 Å². The van der Waals surface area contributed by atoms with Gasteiger partial charge in [-0.05, 0) is 24.3 Å². The highest BCUT2D eigenvalue weighted by Crippen LogP contribution is 2.36. The van der Waals surface area contributed by atoms with Gasteiger partial charge < -0.3 is 4.90 Å². The standard InChI is InChI=1S/C16H18ClNOS/c1-10-7-11(2)9-18(8-10)16(19)15-14(17)12-5-3-4-6-13(12)20-15/h3-6,10-11H,7-9H2,1-2H3/t10-,11-/m0/s1. The number of rotatable bonds is 1. The molecule has 1 aliphatic heterocycles. The first-order valence-corrected chi connectivity index (χ1v) is 8.22. The predicted octanol–water partition coefficient (Wildman–Crippen LogP) is 4.67. The summed E-state index contributed by atoms with van der Waals surface area (Å²) in [7, 11) is 0. The summed E-state index contributed by atoms with van der Waals surface area (Å²) in [5.74, 6) is 1.22. The van der Waals surface area contributed by atoms with Crippen molar-refractivity contribution >= 4 is 38.9 Å². The van der Waals surface area contributed by atoms with Crippen molar-refractivity contribution < 1.29 is 4.79 Å². The summed E-state index contributed by atoms with van der Waals surface area (Å²) in [6.07, 6.45) is 1.20. The monoisotopic (exact) mass is 307 g/mol. The number of thiophene rings is 1. The van der Waals surface area contributed by atoms with Gasteiger partial charge in [-0.2, -0.15) is 0 Å². The van der Waals surface area contributed by atoms with E-state index in [0.29, 0.717) is 21.7 Å². The van der Waals surface area contributed by atoms with Gasteiger partial charge in [-0.25, -0.2) is 0 Å².